The van der Waals surface area contributed by atoms with E-state index in [0.29, 0.717) is 31.1 Å². The van der Waals surface area contributed by atoms with Gasteiger partial charge in [0.2, 0.25) is 0 Å². The van der Waals surface area contributed by atoms with Gasteiger partial charge in [0, 0.05) is 6.42 Å². The lowest BCUT2D eigenvalue weighted by atomic mass is 9.86. The summed E-state index contributed by atoms with van der Waals surface area (Å²) >= 11 is 0. The molecule has 0 atom stereocenters. The molecule has 0 aliphatic rings. The SMILES string of the molecule is COc1ccc(CCC(=O)O)cc1OCCOc1cc(C)ccc1C(C)(C)C. The number of ether oxygens (including phenoxy) is 3. The Morgan fingerprint density at radius 3 is 2.25 bits per heavy atom. The molecule has 5 nitrogen and oxygen atoms in total. The van der Waals surface area contributed by atoms with Crippen LogP contribution in [0.25, 0.3) is 0 Å². The summed E-state index contributed by atoms with van der Waals surface area (Å²) in [5.74, 6) is 1.26. The molecule has 0 aliphatic carbocycles. The third kappa shape index (κ3) is 6.19. The van der Waals surface area contributed by atoms with Gasteiger partial charge in [-0.2, -0.15) is 0 Å². The summed E-state index contributed by atoms with van der Waals surface area (Å²) in [4.78, 5) is 10.8. The van der Waals surface area contributed by atoms with Gasteiger partial charge in [0.15, 0.2) is 11.5 Å². The van der Waals surface area contributed by atoms with Crippen molar-refractivity contribution in [3.05, 3.63) is 53.1 Å². The second-order valence-electron chi connectivity index (χ2n) is 7.83. The van der Waals surface area contributed by atoms with Crippen LogP contribution in [0.15, 0.2) is 36.4 Å². The molecule has 0 fully saturated rings. The lowest BCUT2D eigenvalue weighted by Gasteiger charge is -2.23. The molecule has 5 heteroatoms. The van der Waals surface area contributed by atoms with Gasteiger partial charge in [-0.1, -0.05) is 39.0 Å². The number of carbonyl (C=O) groups is 1. The Hall–Kier alpha value is -2.69. The summed E-state index contributed by atoms with van der Waals surface area (Å²) in [6, 6.07) is 11.7. The van der Waals surface area contributed by atoms with E-state index >= 15 is 0 Å². The summed E-state index contributed by atoms with van der Waals surface area (Å²) < 4.78 is 17.2. The Labute approximate surface area is 167 Å². The fourth-order valence-electron chi connectivity index (χ4n) is 2.91. The van der Waals surface area contributed by atoms with Crippen LogP contribution >= 0.6 is 0 Å². The number of methoxy groups -OCH3 is 1. The Kier molecular flexibility index (Phi) is 7.32. The van der Waals surface area contributed by atoms with Crippen molar-refractivity contribution in [1.82, 2.24) is 0 Å². The summed E-state index contributed by atoms with van der Waals surface area (Å²) in [5.41, 5.74) is 3.20. The summed E-state index contributed by atoms with van der Waals surface area (Å²) in [5, 5.41) is 8.85. The van der Waals surface area contributed by atoms with Crippen LogP contribution in [0.5, 0.6) is 17.2 Å². The van der Waals surface area contributed by atoms with Gasteiger partial charge in [-0.05, 0) is 53.6 Å². The number of aryl methyl sites for hydroxylation is 2. The van der Waals surface area contributed by atoms with Crippen molar-refractivity contribution in [2.45, 2.75) is 46.0 Å². The molecule has 0 saturated carbocycles. The first-order valence-electron chi connectivity index (χ1n) is 9.46. The first-order chi connectivity index (χ1) is 13.2. The minimum atomic E-state index is -0.820. The molecule has 0 radical (unpaired) electrons. The molecule has 0 aromatic heterocycles. The second kappa shape index (κ2) is 9.49. The van der Waals surface area contributed by atoms with E-state index in [1.165, 1.54) is 0 Å². The Bertz CT molecular complexity index is 805. The summed E-state index contributed by atoms with van der Waals surface area (Å²) in [6.07, 6.45) is 0.530. The van der Waals surface area contributed by atoms with Crippen molar-refractivity contribution in [3.8, 4) is 17.2 Å². The highest BCUT2D eigenvalue weighted by Crippen LogP contribution is 2.32. The van der Waals surface area contributed by atoms with Gasteiger partial charge in [0.25, 0.3) is 0 Å². The molecule has 0 bridgehead atoms. The van der Waals surface area contributed by atoms with E-state index < -0.39 is 5.97 Å². The topological polar surface area (TPSA) is 65.0 Å². The molecule has 0 unspecified atom stereocenters. The van der Waals surface area contributed by atoms with Gasteiger partial charge in [-0.3, -0.25) is 4.79 Å². The largest absolute Gasteiger partial charge is 0.493 e. The van der Waals surface area contributed by atoms with Crippen LogP contribution in [-0.2, 0) is 16.6 Å². The number of carboxylic acids is 1. The van der Waals surface area contributed by atoms with Crippen LogP contribution in [0.2, 0.25) is 0 Å². The van der Waals surface area contributed by atoms with Crippen molar-refractivity contribution < 1.29 is 24.1 Å². The van der Waals surface area contributed by atoms with Crippen LogP contribution in [-0.4, -0.2) is 31.4 Å². The third-order valence-electron chi connectivity index (χ3n) is 4.40. The maximum absolute atomic E-state index is 10.8. The molecule has 2 aromatic rings. The highest BCUT2D eigenvalue weighted by molar-refractivity contribution is 5.67. The molecule has 152 valence electrons. The predicted molar refractivity (Wildman–Crippen MR) is 110 cm³/mol. The van der Waals surface area contributed by atoms with Gasteiger partial charge in [0.1, 0.15) is 19.0 Å². The molecule has 0 spiro atoms. The van der Waals surface area contributed by atoms with Crippen molar-refractivity contribution in [1.29, 1.82) is 0 Å². The molecule has 2 aromatic carbocycles. The van der Waals surface area contributed by atoms with Crippen LogP contribution in [0.1, 0.15) is 43.9 Å². The molecule has 0 aliphatic heterocycles. The maximum atomic E-state index is 10.8. The average molecular weight is 386 g/mol. The normalized spacial score (nSPS) is 11.2. The molecule has 2 rings (SSSR count). The minimum absolute atomic E-state index is 0.00835. The van der Waals surface area contributed by atoms with E-state index in [-0.39, 0.29) is 11.8 Å². The maximum Gasteiger partial charge on any atom is 0.303 e. The smallest absolute Gasteiger partial charge is 0.303 e. The fraction of sp³-hybridized carbons (Fsp3) is 0.435. The lowest BCUT2D eigenvalue weighted by Crippen LogP contribution is -2.16. The molecule has 0 amide bonds. The standard InChI is InChI=1S/C23H30O5/c1-16-6-9-18(23(2,3)4)20(14-16)27-12-13-28-21-15-17(8-11-22(24)25)7-10-19(21)26-5/h6-7,9-10,14-15H,8,11-13H2,1-5H3,(H,24,25). The van der Waals surface area contributed by atoms with Crippen LogP contribution in [0.3, 0.4) is 0 Å². The summed E-state index contributed by atoms with van der Waals surface area (Å²) in [6.45, 7) is 9.28. The van der Waals surface area contributed by atoms with Crippen molar-refractivity contribution >= 4 is 5.97 Å². The van der Waals surface area contributed by atoms with Gasteiger partial charge in [-0.15, -0.1) is 0 Å². The number of hydrogen-bond acceptors (Lipinski definition) is 4. The Morgan fingerprint density at radius 1 is 0.964 bits per heavy atom. The van der Waals surface area contributed by atoms with E-state index in [9.17, 15) is 4.79 Å². The van der Waals surface area contributed by atoms with E-state index in [1.807, 2.05) is 25.1 Å². The van der Waals surface area contributed by atoms with E-state index in [0.717, 1.165) is 22.4 Å². The molecule has 1 N–H and O–H groups in total. The molecule has 0 heterocycles. The van der Waals surface area contributed by atoms with Crippen LogP contribution < -0.4 is 14.2 Å². The number of aliphatic carboxylic acids is 1. The minimum Gasteiger partial charge on any atom is -0.493 e. The number of rotatable bonds is 9. The quantitative estimate of drug-likeness (QED) is 0.629. The highest BCUT2D eigenvalue weighted by atomic mass is 16.5. The molecular weight excluding hydrogens is 356 g/mol. The van der Waals surface area contributed by atoms with Gasteiger partial charge >= 0.3 is 5.97 Å². The van der Waals surface area contributed by atoms with Gasteiger partial charge < -0.3 is 19.3 Å². The van der Waals surface area contributed by atoms with Crippen LogP contribution in [0.4, 0.5) is 0 Å². The summed E-state index contributed by atoms with van der Waals surface area (Å²) in [7, 11) is 1.58. The zero-order valence-electron chi connectivity index (χ0n) is 17.4. The zero-order valence-corrected chi connectivity index (χ0v) is 17.4. The lowest BCUT2D eigenvalue weighted by molar-refractivity contribution is -0.136. The van der Waals surface area contributed by atoms with E-state index in [1.54, 1.807) is 13.2 Å². The van der Waals surface area contributed by atoms with E-state index in [2.05, 4.69) is 32.9 Å². The Balaban J connectivity index is 2.01. The van der Waals surface area contributed by atoms with Gasteiger partial charge in [-0.25, -0.2) is 0 Å². The third-order valence-corrected chi connectivity index (χ3v) is 4.40. The van der Waals surface area contributed by atoms with Crippen LogP contribution in [0, 0.1) is 6.92 Å². The monoisotopic (exact) mass is 386 g/mol. The number of carboxylic acid groups (broad SMARTS) is 1. The predicted octanol–water partition coefficient (Wildman–Crippen LogP) is 4.78. The average Bonchev–Trinajstić information content (AvgIpc) is 2.62. The number of hydrogen-bond donors (Lipinski definition) is 1. The first kappa shape index (κ1) is 21.6. The van der Waals surface area contributed by atoms with Crippen molar-refractivity contribution in [2.75, 3.05) is 20.3 Å². The fourth-order valence-corrected chi connectivity index (χ4v) is 2.91. The van der Waals surface area contributed by atoms with Crippen molar-refractivity contribution in [2.24, 2.45) is 0 Å². The first-order valence-corrected chi connectivity index (χ1v) is 9.46. The van der Waals surface area contributed by atoms with Gasteiger partial charge in [0.05, 0.1) is 7.11 Å². The van der Waals surface area contributed by atoms with Crippen molar-refractivity contribution in [3.63, 3.8) is 0 Å². The molecule has 28 heavy (non-hydrogen) atoms. The van der Waals surface area contributed by atoms with E-state index in [4.69, 9.17) is 19.3 Å². The number of benzene rings is 2. The molecular formula is C23H30O5. The second-order valence-corrected chi connectivity index (χ2v) is 7.83. The Morgan fingerprint density at radius 2 is 1.64 bits per heavy atom. The highest BCUT2D eigenvalue weighted by Gasteiger charge is 2.19. The molecule has 0 saturated heterocycles. The zero-order chi connectivity index (χ0) is 20.7.